The highest BCUT2D eigenvalue weighted by atomic mass is 127. The van der Waals surface area contributed by atoms with E-state index >= 15 is 0 Å². The number of nitrogens with zero attached hydrogens (tertiary/aromatic N) is 3. The van der Waals surface area contributed by atoms with Crippen LogP contribution in [0.1, 0.15) is 61.9 Å². The van der Waals surface area contributed by atoms with Gasteiger partial charge in [-0.05, 0) is 85.0 Å². The van der Waals surface area contributed by atoms with E-state index in [2.05, 4.69) is 51.1 Å². The first kappa shape index (κ1) is 20.7. The molecule has 0 aromatic carbocycles. The van der Waals surface area contributed by atoms with Crippen molar-refractivity contribution in [3.05, 3.63) is 57.2 Å². The van der Waals surface area contributed by atoms with Gasteiger partial charge >= 0.3 is 0 Å². The van der Waals surface area contributed by atoms with Gasteiger partial charge in [-0.25, -0.2) is 4.98 Å². The van der Waals surface area contributed by atoms with Gasteiger partial charge in [-0.3, -0.25) is 4.98 Å². The van der Waals surface area contributed by atoms with Crippen LogP contribution in [-0.2, 0) is 16.7 Å². The van der Waals surface area contributed by atoms with Crippen molar-refractivity contribution in [1.29, 1.82) is 5.26 Å². The Bertz CT molecular complexity index is 876. The highest BCUT2D eigenvalue weighted by Gasteiger charge is 2.48. The third kappa shape index (κ3) is 4.62. The molecule has 1 unspecified atom stereocenters. The van der Waals surface area contributed by atoms with Crippen molar-refractivity contribution in [3.8, 4) is 6.07 Å². The molecule has 1 saturated heterocycles. The van der Waals surface area contributed by atoms with E-state index < -0.39 is 0 Å². The van der Waals surface area contributed by atoms with Crippen LogP contribution >= 0.6 is 22.6 Å². The zero-order chi connectivity index (χ0) is 20.2. The summed E-state index contributed by atoms with van der Waals surface area (Å²) >= 11 is 2.18. The van der Waals surface area contributed by atoms with E-state index in [9.17, 15) is 0 Å². The van der Waals surface area contributed by atoms with Crippen LogP contribution in [0, 0.1) is 14.9 Å². The molecule has 1 aliphatic carbocycles. The van der Waals surface area contributed by atoms with Gasteiger partial charge in [-0.1, -0.05) is 18.9 Å². The van der Waals surface area contributed by atoms with Crippen LogP contribution in [0.2, 0.25) is 0 Å². The molecule has 1 aliphatic heterocycles. The minimum absolute atomic E-state index is 0.0585. The standard InChI is InChI=1S/C23H27IN4O/c24-19-13-18(16-28-20(19)14-25)15-26-11-8-22(21-5-1-4-10-27-21)9-12-29-23(17-22)6-2-3-7-23/h1,4-5,10,13,16,26H,2-3,6-9,11-12,15,17H2. The molecule has 1 N–H and O–H groups in total. The van der Waals surface area contributed by atoms with E-state index in [4.69, 9.17) is 15.0 Å². The van der Waals surface area contributed by atoms with Gasteiger partial charge in [0.1, 0.15) is 6.07 Å². The van der Waals surface area contributed by atoms with Crippen molar-refractivity contribution in [2.45, 2.75) is 62.5 Å². The summed E-state index contributed by atoms with van der Waals surface area (Å²) < 4.78 is 7.23. The second-order valence-corrected chi connectivity index (χ2v) is 9.54. The largest absolute Gasteiger partial charge is 0.375 e. The van der Waals surface area contributed by atoms with Crippen LogP contribution in [0.15, 0.2) is 36.7 Å². The van der Waals surface area contributed by atoms with Gasteiger partial charge < -0.3 is 10.1 Å². The van der Waals surface area contributed by atoms with Gasteiger partial charge in [-0.15, -0.1) is 0 Å². The molecule has 2 aromatic rings. The van der Waals surface area contributed by atoms with E-state index in [0.29, 0.717) is 5.69 Å². The summed E-state index contributed by atoms with van der Waals surface area (Å²) in [5, 5.41) is 12.6. The number of aromatic nitrogens is 2. The molecular formula is C23H27IN4O. The minimum Gasteiger partial charge on any atom is -0.375 e. The highest BCUT2D eigenvalue weighted by Crippen LogP contribution is 2.49. The summed E-state index contributed by atoms with van der Waals surface area (Å²) in [6.45, 7) is 2.51. The predicted molar refractivity (Wildman–Crippen MR) is 120 cm³/mol. The molecule has 2 fully saturated rings. The van der Waals surface area contributed by atoms with E-state index in [1.807, 2.05) is 18.3 Å². The number of hydrogen-bond acceptors (Lipinski definition) is 5. The lowest BCUT2D eigenvalue weighted by Crippen LogP contribution is -2.47. The Hall–Kier alpha value is -1.56. The first-order chi connectivity index (χ1) is 14.1. The van der Waals surface area contributed by atoms with Crippen molar-refractivity contribution >= 4 is 22.6 Å². The Morgan fingerprint density at radius 3 is 2.79 bits per heavy atom. The van der Waals surface area contributed by atoms with Crippen LogP contribution in [0.5, 0.6) is 0 Å². The molecule has 2 aliphatic rings. The molecule has 2 aromatic heterocycles. The molecule has 1 atom stereocenters. The Kier molecular flexibility index (Phi) is 6.47. The van der Waals surface area contributed by atoms with Crippen molar-refractivity contribution < 1.29 is 4.74 Å². The Labute approximate surface area is 186 Å². The lowest BCUT2D eigenvalue weighted by molar-refractivity contribution is -0.104. The number of rotatable bonds is 6. The summed E-state index contributed by atoms with van der Waals surface area (Å²) in [5.41, 5.74) is 2.95. The Morgan fingerprint density at radius 2 is 2.07 bits per heavy atom. The SMILES string of the molecule is N#Cc1ncc(CNCCC2(c3ccccn3)CCOC3(CCCC3)C2)cc1I. The average molecular weight is 502 g/mol. The molecule has 3 heterocycles. The second kappa shape index (κ2) is 9.07. The topological polar surface area (TPSA) is 70.8 Å². The molecule has 1 spiro atoms. The third-order valence-corrected chi connectivity index (χ3v) is 7.31. The van der Waals surface area contributed by atoms with Gasteiger partial charge in [0.05, 0.1) is 5.60 Å². The number of halogens is 1. The first-order valence-corrected chi connectivity index (χ1v) is 11.5. The van der Waals surface area contributed by atoms with Crippen LogP contribution in [-0.4, -0.2) is 28.7 Å². The van der Waals surface area contributed by atoms with Crippen molar-refractivity contribution in [1.82, 2.24) is 15.3 Å². The molecule has 152 valence electrons. The third-order valence-electron chi connectivity index (χ3n) is 6.49. The summed E-state index contributed by atoms with van der Waals surface area (Å²) in [6.07, 6.45) is 11.8. The fourth-order valence-electron chi connectivity index (χ4n) is 5.01. The van der Waals surface area contributed by atoms with Gasteiger partial charge in [0.15, 0.2) is 5.69 Å². The highest BCUT2D eigenvalue weighted by molar-refractivity contribution is 14.1. The maximum absolute atomic E-state index is 9.04. The molecule has 0 bridgehead atoms. The normalized spacial score (nSPS) is 23.2. The number of nitrogens with one attached hydrogen (secondary N) is 1. The van der Waals surface area contributed by atoms with Crippen LogP contribution in [0.4, 0.5) is 0 Å². The lowest BCUT2D eigenvalue weighted by atomic mass is 9.68. The van der Waals surface area contributed by atoms with Gasteiger partial charge in [0.2, 0.25) is 0 Å². The Morgan fingerprint density at radius 1 is 1.21 bits per heavy atom. The molecule has 0 amide bonds. The van der Waals surface area contributed by atoms with Gasteiger partial charge in [-0.2, -0.15) is 5.26 Å². The maximum Gasteiger partial charge on any atom is 0.153 e. The summed E-state index contributed by atoms with van der Waals surface area (Å²) in [4.78, 5) is 9.01. The van der Waals surface area contributed by atoms with Crippen molar-refractivity contribution in [2.24, 2.45) is 0 Å². The van der Waals surface area contributed by atoms with Crippen molar-refractivity contribution in [3.63, 3.8) is 0 Å². The van der Waals surface area contributed by atoms with Crippen LogP contribution < -0.4 is 5.32 Å². The predicted octanol–water partition coefficient (Wildman–Crippen LogP) is 4.49. The van der Waals surface area contributed by atoms with Gasteiger partial charge in [0.25, 0.3) is 0 Å². The zero-order valence-corrected chi connectivity index (χ0v) is 18.8. The Balaban J connectivity index is 1.44. The fraction of sp³-hybridized carbons (Fsp3) is 0.522. The van der Waals surface area contributed by atoms with E-state index in [1.165, 1.54) is 31.4 Å². The van der Waals surface area contributed by atoms with Gasteiger partial charge in [0, 0.05) is 40.2 Å². The summed E-state index contributed by atoms with van der Waals surface area (Å²) in [5.74, 6) is 0. The molecule has 1 saturated carbocycles. The number of pyridine rings is 2. The number of nitriles is 1. The summed E-state index contributed by atoms with van der Waals surface area (Å²) in [7, 11) is 0. The van der Waals surface area contributed by atoms with Crippen molar-refractivity contribution in [2.75, 3.05) is 13.2 Å². The number of ether oxygens (including phenoxy) is 1. The molecule has 6 heteroatoms. The van der Waals surface area contributed by atoms with Crippen LogP contribution in [0.3, 0.4) is 0 Å². The molecular weight excluding hydrogens is 475 g/mol. The lowest BCUT2D eigenvalue weighted by Gasteiger charge is -2.46. The fourth-order valence-corrected chi connectivity index (χ4v) is 5.67. The zero-order valence-electron chi connectivity index (χ0n) is 16.7. The quantitative estimate of drug-likeness (QED) is 0.466. The first-order valence-electron chi connectivity index (χ1n) is 10.5. The molecule has 29 heavy (non-hydrogen) atoms. The van der Waals surface area contributed by atoms with E-state index in [-0.39, 0.29) is 11.0 Å². The van der Waals surface area contributed by atoms with Crippen LogP contribution in [0.25, 0.3) is 0 Å². The van der Waals surface area contributed by atoms with E-state index in [1.54, 1.807) is 6.20 Å². The smallest absolute Gasteiger partial charge is 0.153 e. The molecule has 5 nitrogen and oxygen atoms in total. The maximum atomic E-state index is 9.04. The average Bonchev–Trinajstić information content (AvgIpc) is 3.19. The monoisotopic (exact) mass is 502 g/mol. The minimum atomic E-state index is 0.0585. The number of hydrogen-bond donors (Lipinski definition) is 1. The molecule has 0 radical (unpaired) electrons. The molecule has 4 rings (SSSR count). The summed E-state index contributed by atoms with van der Waals surface area (Å²) in [6, 6.07) is 10.5. The second-order valence-electron chi connectivity index (χ2n) is 8.37. The van der Waals surface area contributed by atoms with E-state index in [0.717, 1.165) is 48.1 Å².